The summed E-state index contributed by atoms with van der Waals surface area (Å²) < 4.78 is 117. The molecule has 0 spiro atoms. The lowest BCUT2D eigenvalue weighted by Crippen LogP contribution is -2.43. The molecule has 652 valence electrons. The fourth-order valence-electron chi connectivity index (χ4n) is 13.1. The van der Waals surface area contributed by atoms with E-state index in [1.165, 1.54) is 70.3 Å². The highest BCUT2D eigenvalue weighted by Gasteiger charge is 2.56. The molecule has 19 atom stereocenters. The topological polar surface area (TPSA) is 465 Å². The minimum Gasteiger partial charge on any atom is -0.383 e. The molecule has 0 radical (unpaired) electrons. The van der Waals surface area contributed by atoms with E-state index in [-0.39, 0.29) is 51.1 Å². The Balaban J connectivity index is 0.000000272. The van der Waals surface area contributed by atoms with Crippen LogP contribution in [0.1, 0.15) is 228 Å². The summed E-state index contributed by atoms with van der Waals surface area (Å²) in [5, 5.41) is 0. The lowest BCUT2D eigenvalue weighted by Gasteiger charge is -2.32. The minimum absolute atomic E-state index is 0.0211. The van der Waals surface area contributed by atoms with Crippen LogP contribution in [0.25, 0.3) is 0 Å². The number of hydrogen-bond acceptors (Lipinski definition) is 28. The van der Waals surface area contributed by atoms with E-state index in [0.29, 0.717) is 30.4 Å². The summed E-state index contributed by atoms with van der Waals surface area (Å²) in [6.07, 6.45) is -3.21. The molecule has 114 heavy (non-hydrogen) atoms. The Bertz CT molecular complexity index is 4240. The Morgan fingerprint density at radius 1 is 0.421 bits per heavy atom. The number of nitrogens with one attached hydrogen (secondary N) is 2. The van der Waals surface area contributed by atoms with E-state index in [1.807, 2.05) is 62.3 Å². The molecule has 8 rings (SSSR count). The average Bonchev–Trinajstić information content (AvgIpc) is 1.64. The first-order valence-corrected chi connectivity index (χ1v) is 43.1. The van der Waals surface area contributed by atoms with Gasteiger partial charge in [0, 0.05) is 76.5 Å². The van der Waals surface area contributed by atoms with E-state index in [4.69, 9.17) is 93.0 Å². The second-order valence-corrected chi connectivity index (χ2v) is 43.0. The van der Waals surface area contributed by atoms with E-state index >= 15 is 0 Å². The summed E-state index contributed by atoms with van der Waals surface area (Å²) in [6.45, 7) is 45.5. The monoisotopic (exact) mass is 1700 g/mol. The molecule has 8 heterocycles. The smallest absolute Gasteiger partial charge is 0.383 e. The number of anilines is 2. The molecular formula is C74H129N10O26P3S. The maximum absolute atomic E-state index is 12.7. The third kappa shape index (κ3) is 30.4. The number of rotatable bonds is 22. The van der Waals surface area contributed by atoms with Gasteiger partial charge in [-0.3, -0.25) is 60.4 Å². The number of aryl methyl sites for hydroxylation is 2. The van der Waals surface area contributed by atoms with Crippen molar-refractivity contribution in [1.29, 1.82) is 0 Å². The van der Waals surface area contributed by atoms with Crippen LogP contribution in [0.15, 0.2) is 65.7 Å². The molecular weight excluding hydrogens is 1570 g/mol. The number of hydrogen-bond donors (Lipinski definition) is 7. The maximum Gasteiger partial charge on any atom is 0.473 e. The molecule has 7 unspecified atom stereocenters. The van der Waals surface area contributed by atoms with Gasteiger partial charge in [0.15, 0.2) is 24.9 Å². The van der Waals surface area contributed by atoms with Crippen molar-refractivity contribution in [3.8, 4) is 0 Å². The van der Waals surface area contributed by atoms with Crippen molar-refractivity contribution in [1.82, 2.24) is 38.2 Å². The van der Waals surface area contributed by atoms with Gasteiger partial charge in [-0.15, -0.1) is 0 Å². The Morgan fingerprint density at radius 3 is 0.939 bits per heavy atom. The molecule has 4 aliphatic heterocycles. The number of nitrogens with two attached hydrogens (primary N) is 2. The molecule has 4 aromatic heterocycles. The van der Waals surface area contributed by atoms with Crippen molar-refractivity contribution in [2.75, 3.05) is 39.9 Å². The number of ether oxygens (including phenoxy) is 9. The second kappa shape index (κ2) is 38.2. The zero-order valence-electron chi connectivity index (χ0n) is 71.8. The Morgan fingerprint density at radius 2 is 0.684 bits per heavy atom. The third-order valence-electron chi connectivity index (χ3n) is 17.1. The summed E-state index contributed by atoms with van der Waals surface area (Å²) in [6, 6.07) is 2.48. The number of H-pyrrole nitrogens is 2. The van der Waals surface area contributed by atoms with Crippen molar-refractivity contribution < 1.29 is 93.6 Å². The molecule has 9 N–H and O–H groups in total. The zero-order chi connectivity index (χ0) is 87.3. The molecule has 0 aliphatic carbocycles. The molecule has 36 nitrogen and oxygen atoms in total. The zero-order valence-corrected chi connectivity index (χ0v) is 75.3. The van der Waals surface area contributed by atoms with Crippen LogP contribution in [0, 0.1) is 35.5 Å². The Hall–Kier alpha value is -4.89. The predicted molar refractivity (Wildman–Crippen MR) is 431 cm³/mol. The summed E-state index contributed by atoms with van der Waals surface area (Å²) in [7, 11) is -3.02. The molecule has 4 aromatic rings. The van der Waals surface area contributed by atoms with Crippen LogP contribution < -0.4 is 45.3 Å². The number of aromatic amines is 2. The second-order valence-electron chi connectivity index (χ2n) is 37.6. The van der Waals surface area contributed by atoms with Crippen molar-refractivity contribution in [3.63, 3.8) is 0 Å². The molecule has 0 saturated carbocycles. The van der Waals surface area contributed by atoms with E-state index in [0.717, 1.165) is 6.42 Å². The SMILES string of the molecule is COC1[C@@H](OC(C)(C)C)[C@@H](CC(C)(C)C)O[C@H]1n1ccc(=O)[nH]c1=O.COC1[C@@H](OP(=O)(O)OC(C)(C)C)[C@@H](CC(C)(C)C)O[C@H]1n1cc(C)c(N)nc1=O.COC1[C@@H](OP(=O)(O)OC(C)(C)C)[C@@H](CC(C)(C)C)O[C@H]1n1ccc(=O)[nH]c1=O.COC1[C@@H](OP(O)(=S)OC(C)(C)C)[C@@H](CC(C)(C)C)O[C@H]1n1cc(C)c(N)nc1=O. The molecule has 0 aromatic carbocycles. The largest absolute Gasteiger partial charge is 0.473 e. The van der Waals surface area contributed by atoms with Crippen molar-refractivity contribution in [3.05, 3.63) is 111 Å². The molecule has 0 amide bonds. The van der Waals surface area contributed by atoms with Gasteiger partial charge in [-0.2, -0.15) is 9.97 Å². The van der Waals surface area contributed by atoms with E-state index in [9.17, 15) is 52.6 Å². The van der Waals surface area contributed by atoms with Crippen LogP contribution in [-0.4, -0.2) is 177 Å². The fraction of sp³-hybridized carbons (Fsp3) is 0.784. The molecule has 0 bridgehead atoms. The van der Waals surface area contributed by atoms with Gasteiger partial charge in [-0.05, 0) is 156 Å². The number of nitrogen functional groups attached to an aromatic ring is 2. The van der Waals surface area contributed by atoms with Crippen molar-refractivity contribution in [2.24, 2.45) is 21.7 Å². The first kappa shape index (κ1) is 99.7. The van der Waals surface area contributed by atoms with Gasteiger partial charge in [0.25, 0.3) is 11.1 Å². The van der Waals surface area contributed by atoms with Crippen molar-refractivity contribution in [2.45, 2.75) is 326 Å². The summed E-state index contributed by atoms with van der Waals surface area (Å²) >= 11 is 5.26. The molecule has 4 saturated heterocycles. The van der Waals surface area contributed by atoms with Crippen LogP contribution >= 0.6 is 22.4 Å². The lowest BCUT2D eigenvalue weighted by molar-refractivity contribution is -0.124. The Labute approximate surface area is 673 Å². The highest BCUT2D eigenvalue weighted by Crippen LogP contribution is 2.56. The standard InChI is InChI=1S/C19H34N3O7P.C19H34N3O6PS.C18H31N2O8P.C18H30N2O5/c1-11-10-22(17(23)21-15(11)20)16-14(26-8)13(12(27-16)9-18(2,3)4)28-30(24,25)29-19(5,6)7;1-11-10-22(17(23)21-15(11)20)16-14(25-8)13(12(26-16)9-18(2,3)4)27-29(24,30)28-19(5,6)7;1-17(2,3)10-11-13(27-29(23,24)28-18(4,5)6)14(25-7)15(26-11)20-9-8-12(21)19-16(20)22;1-17(2,3)10-11-13(25-18(4,5)6)14(23-7)15(24-11)20-9-8-12(21)19-16(20)22/h10,12-14,16H,9H2,1-8H3,(H,24,25)(H2,20,21,23);10,12-14,16H,9H2,1-8H3,(H,24,30)(H2,20,21,23);8-9,11,13-15H,10H2,1-7H3,(H,23,24)(H,19,21,22);8-9,11,13-15H,10H2,1-7H3,(H,19,21,22)/t12-,13+,14?,16-;12-,13+,14?,16-,29?;2*11-,13+,14?,15-/m1111/s1. The first-order chi connectivity index (χ1) is 51.6. The van der Waals surface area contributed by atoms with E-state index in [2.05, 4.69) is 61.5 Å². The predicted octanol–water partition coefficient (Wildman–Crippen LogP) is 9.94. The number of nitrogens with zero attached hydrogens (tertiary/aromatic N) is 6. The van der Waals surface area contributed by atoms with Crippen LogP contribution in [-0.2, 0) is 90.7 Å². The highest BCUT2D eigenvalue weighted by atomic mass is 32.5. The van der Waals surface area contributed by atoms with Crippen LogP contribution in [0.5, 0.6) is 0 Å². The summed E-state index contributed by atoms with van der Waals surface area (Å²) in [5.74, 6) is 0.285. The van der Waals surface area contributed by atoms with E-state index in [1.54, 1.807) is 89.5 Å². The summed E-state index contributed by atoms with van der Waals surface area (Å²) in [4.78, 5) is 116. The minimum atomic E-state index is -4.46. The van der Waals surface area contributed by atoms with Gasteiger partial charge in [0.2, 0.25) is 0 Å². The highest BCUT2D eigenvalue weighted by molar-refractivity contribution is 8.07. The third-order valence-corrected chi connectivity index (χ3v) is 21.4. The van der Waals surface area contributed by atoms with Crippen LogP contribution in [0.3, 0.4) is 0 Å². The molecule has 4 aliphatic rings. The normalized spacial score (nSPS) is 27.4. The summed E-state index contributed by atoms with van der Waals surface area (Å²) in [5.41, 5.74) is 5.94. The first-order valence-electron chi connectivity index (χ1n) is 37.5. The van der Waals surface area contributed by atoms with Crippen LogP contribution in [0.4, 0.5) is 11.6 Å². The fourth-order valence-corrected chi connectivity index (χ4v) is 17.9. The van der Waals surface area contributed by atoms with E-state index < -0.39 is 159 Å². The van der Waals surface area contributed by atoms with Crippen molar-refractivity contribution >= 4 is 45.8 Å². The van der Waals surface area contributed by atoms with Gasteiger partial charge in [0.1, 0.15) is 60.5 Å². The van der Waals surface area contributed by atoms with Gasteiger partial charge >= 0.3 is 45.1 Å². The number of phosphoric acid groups is 2. The Kier molecular flexibility index (Phi) is 33.4. The molecule has 40 heteroatoms. The molecule has 4 fully saturated rings. The quantitative estimate of drug-likeness (QED) is 0.0360. The van der Waals surface area contributed by atoms with Gasteiger partial charge in [-0.1, -0.05) is 83.1 Å². The lowest BCUT2D eigenvalue weighted by atomic mass is 9.87. The van der Waals surface area contributed by atoms with Gasteiger partial charge in [0.05, 0.1) is 46.8 Å². The average molecular weight is 1700 g/mol. The van der Waals surface area contributed by atoms with Gasteiger partial charge < -0.3 is 73.3 Å². The maximum atomic E-state index is 12.7. The number of methoxy groups -OCH3 is 4. The van der Waals surface area contributed by atoms with Crippen LogP contribution in [0.2, 0.25) is 0 Å². The number of phosphoric ester groups is 2. The number of aromatic nitrogens is 8. The van der Waals surface area contributed by atoms with Gasteiger partial charge in [-0.25, -0.2) is 28.3 Å².